The Labute approximate surface area is 99.2 Å². The molecular formula is C10H16N4OS. The van der Waals surface area contributed by atoms with Crippen LogP contribution in [0.3, 0.4) is 0 Å². The molecule has 0 aromatic carbocycles. The number of hydrazine groups is 1. The number of hydrogen-bond donors (Lipinski definition) is 2. The Morgan fingerprint density at radius 2 is 2.50 bits per heavy atom. The number of hydrogen-bond acceptors (Lipinski definition) is 6. The molecule has 88 valence electrons. The van der Waals surface area contributed by atoms with Crippen molar-refractivity contribution >= 4 is 17.6 Å². The number of nitrogens with zero attached hydrogens (tertiary/aromatic N) is 2. The summed E-state index contributed by atoms with van der Waals surface area (Å²) in [5, 5.41) is 0. The number of rotatable bonds is 3. The lowest BCUT2D eigenvalue weighted by Gasteiger charge is -2.21. The largest absolute Gasteiger partial charge is 0.368 e. The summed E-state index contributed by atoms with van der Waals surface area (Å²) in [6.45, 7) is 2.82. The van der Waals surface area contributed by atoms with Crippen LogP contribution in [-0.2, 0) is 11.2 Å². The zero-order valence-electron chi connectivity index (χ0n) is 9.27. The third-order valence-corrected chi connectivity index (χ3v) is 3.40. The quantitative estimate of drug-likeness (QED) is 0.609. The summed E-state index contributed by atoms with van der Waals surface area (Å²) in [5.74, 6) is 8.74. The highest BCUT2D eigenvalue weighted by molar-refractivity contribution is 7.99. The summed E-state index contributed by atoms with van der Waals surface area (Å²) in [4.78, 5) is 8.82. The van der Waals surface area contributed by atoms with Crippen LogP contribution >= 0.6 is 11.8 Å². The van der Waals surface area contributed by atoms with E-state index in [4.69, 9.17) is 10.6 Å². The average molecular weight is 240 g/mol. The van der Waals surface area contributed by atoms with Gasteiger partial charge in [0.05, 0.1) is 6.61 Å². The second-order valence-corrected chi connectivity index (χ2v) is 4.68. The maximum atomic E-state index is 5.65. The van der Waals surface area contributed by atoms with E-state index in [9.17, 15) is 0 Å². The third kappa shape index (κ3) is 2.63. The van der Waals surface area contributed by atoms with Gasteiger partial charge in [-0.25, -0.2) is 15.8 Å². The van der Waals surface area contributed by atoms with Crippen molar-refractivity contribution in [3.05, 3.63) is 17.6 Å². The lowest BCUT2D eigenvalue weighted by Crippen LogP contribution is -2.20. The monoisotopic (exact) mass is 240 g/mol. The van der Waals surface area contributed by atoms with E-state index >= 15 is 0 Å². The molecule has 1 fully saturated rings. The Bertz CT molecular complexity index is 332. The van der Waals surface area contributed by atoms with Crippen LogP contribution in [0.1, 0.15) is 24.5 Å². The number of anilines is 1. The highest BCUT2D eigenvalue weighted by Gasteiger charge is 2.20. The standard InChI is InChI=1S/C10H16N4OS/c1-2-7-5-9(14-11)13-10(12-7)8-6-16-4-3-15-8/h5,8H,2-4,6,11H2,1H3,(H,12,13,14). The number of aryl methyl sites for hydroxylation is 1. The molecule has 0 spiro atoms. The van der Waals surface area contributed by atoms with E-state index in [-0.39, 0.29) is 6.10 Å². The summed E-state index contributed by atoms with van der Waals surface area (Å²) < 4.78 is 5.65. The van der Waals surface area contributed by atoms with Crippen LogP contribution < -0.4 is 11.3 Å². The van der Waals surface area contributed by atoms with Crippen molar-refractivity contribution in [1.29, 1.82) is 0 Å². The van der Waals surface area contributed by atoms with Gasteiger partial charge in [0.15, 0.2) is 5.82 Å². The van der Waals surface area contributed by atoms with E-state index in [2.05, 4.69) is 22.3 Å². The molecule has 1 unspecified atom stereocenters. The van der Waals surface area contributed by atoms with E-state index in [1.807, 2.05) is 17.8 Å². The first-order valence-corrected chi connectivity index (χ1v) is 6.52. The Morgan fingerprint density at radius 3 is 3.12 bits per heavy atom. The molecular weight excluding hydrogens is 224 g/mol. The molecule has 0 bridgehead atoms. The van der Waals surface area contributed by atoms with Gasteiger partial charge in [-0.2, -0.15) is 11.8 Å². The van der Waals surface area contributed by atoms with Crippen molar-refractivity contribution in [3.8, 4) is 0 Å². The molecule has 1 aromatic heterocycles. The van der Waals surface area contributed by atoms with E-state index in [1.54, 1.807) is 0 Å². The fourth-order valence-corrected chi connectivity index (χ4v) is 2.39. The van der Waals surface area contributed by atoms with Crippen molar-refractivity contribution in [3.63, 3.8) is 0 Å². The second kappa shape index (κ2) is 5.47. The number of ether oxygens (including phenoxy) is 1. The first kappa shape index (κ1) is 11.6. The molecule has 0 aliphatic carbocycles. The zero-order valence-corrected chi connectivity index (χ0v) is 10.1. The molecule has 1 aliphatic heterocycles. The van der Waals surface area contributed by atoms with Crippen molar-refractivity contribution in [2.24, 2.45) is 5.84 Å². The molecule has 0 radical (unpaired) electrons. The highest BCUT2D eigenvalue weighted by Crippen LogP contribution is 2.25. The molecule has 16 heavy (non-hydrogen) atoms. The summed E-state index contributed by atoms with van der Waals surface area (Å²) in [6, 6.07) is 1.86. The van der Waals surface area contributed by atoms with Crippen molar-refractivity contribution in [2.45, 2.75) is 19.4 Å². The van der Waals surface area contributed by atoms with Crippen LogP contribution in [0, 0.1) is 0 Å². The molecule has 0 saturated carbocycles. The first-order valence-electron chi connectivity index (χ1n) is 5.37. The number of nitrogens with one attached hydrogen (secondary N) is 1. The molecule has 1 atom stereocenters. The van der Waals surface area contributed by atoms with Gasteiger partial charge in [0.1, 0.15) is 11.9 Å². The zero-order chi connectivity index (χ0) is 11.4. The molecule has 3 N–H and O–H groups in total. The van der Waals surface area contributed by atoms with Gasteiger partial charge in [-0.05, 0) is 6.42 Å². The molecule has 2 heterocycles. The Kier molecular flexibility index (Phi) is 3.98. The maximum absolute atomic E-state index is 5.65. The predicted octanol–water partition coefficient (Wildman–Crippen LogP) is 1.13. The predicted molar refractivity (Wildman–Crippen MR) is 65.2 cm³/mol. The molecule has 6 heteroatoms. The van der Waals surface area contributed by atoms with Crippen LogP contribution in [0.4, 0.5) is 5.82 Å². The normalized spacial score (nSPS) is 20.8. The number of nitrogens with two attached hydrogens (primary N) is 1. The smallest absolute Gasteiger partial charge is 0.160 e. The third-order valence-electron chi connectivity index (χ3n) is 2.41. The van der Waals surface area contributed by atoms with Gasteiger partial charge in [0, 0.05) is 23.3 Å². The van der Waals surface area contributed by atoms with Gasteiger partial charge in [0.2, 0.25) is 0 Å². The van der Waals surface area contributed by atoms with Crippen molar-refractivity contribution in [2.75, 3.05) is 23.5 Å². The first-order chi connectivity index (χ1) is 7.83. The summed E-state index contributed by atoms with van der Waals surface area (Å²) in [7, 11) is 0. The van der Waals surface area contributed by atoms with Gasteiger partial charge >= 0.3 is 0 Å². The summed E-state index contributed by atoms with van der Waals surface area (Å²) in [5.41, 5.74) is 3.55. The van der Waals surface area contributed by atoms with Gasteiger partial charge in [-0.3, -0.25) is 0 Å². The molecule has 0 amide bonds. The van der Waals surface area contributed by atoms with E-state index in [0.717, 1.165) is 36.1 Å². The SMILES string of the molecule is CCc1cc(NN)nc(C2CSCCO2)n1. The minimum atomic E-state index is -0.00245. The lowest BCUT2D eigenvalue weighted by atomic mass is 10.3. The summed E-state index contributed by atoms with van der Waals surface area (Å²) >= 11 is 1.87. The van der Waals surface area contributed by atoms with Crippen molar-refractivity contribution in [1.82, 2.24) is 9.97 Å². The Balaban J connectivity index is 2.24. The van der Waals surface area contributed by atoms with Crippen LogP contribution in [0.5, 0.6) is 0 Å². The number of thioether (sulfide) groups is 1. The summed E-state index contributed by atoms with van der Waals surface area (Å²) in [6.07, 6.45) is 0.863. The van der Waals surface area contributed by atoms with Crippen LogP contribution in [0.2, 0.25) is 0 Å². The number of nitrogen functional groups attached to an aromatic ring is 1. The maximum Gasteiger partial charge on any atom is 0.160 e. The van der Waals surface area contributed by atoms with Crippen LogP contribution in [0.25, 0.3) is 0 Å². The average Bonchev–Trinajstić information content (AvgIpc) is 2.39. The van der Waals surface area contributed by atoms with Crippen LogP contribution in [-0.4, -0.2) is 28.1 Å². The van der Waals surface area contributed by atoms with Gasteiger partial charge in [-0.1, -0.05) is 6.92 Å². The molecule has 1 aliphatic rings. The lowest BCUT2D eigenvalue weighted by molar-refractivity contribution is 0.0694. The van der Waals surface area contributed by atoms with Gasteiger partial charge in [0.25, 0.3) is 0 Å². The fourth-order valence-electron chi connectivity index (χ4n) is 1.55. The Morgan fingerprint density at radius 1 is 1.62 bits per heavy atom. The molecule has 5 nitrogen and oxygen atoms in total. The Hall–Kier alpha value is -0.850. The van der Waals surface area contributed by atoms with Crippen molar-refractivity contribution < 1.29 is 4.74 Å². The molecule has 2 rings (SSSR count). The second-order valence-electron chi connectivity index (χ2n) is 3.53. The van der Waals surface area contributed by atoms with Gasteiger partial charge < -0.3 is 10.2 Å². The number of aromatic nitrogens is 2. The fraction of sp³-hybridized carbons (Fsp3) is 0.600. The topological polar surface area (TPSA) is 73.1 Å². The molecule has 1 aromatic rings. The van der Waals surface area contributed by atoms with E-state index < -0.39 is 0 Å². The molecule has 1 saturated heterocycles. The van der Waals surface area contributed by atoms with E-state index in [1.165, 1.54) is 0 Å². The van der Waals surface area contributed by atoms with Crippen LogP contribution in [0.15, 0.2) is 6.07 Å². The highest BCUT2D eigenvalue weighted by atomic mass is 32.2. The van der Waals surface area contributed by atoms with E-state index in [0.29, 0.717) is 5.82 Å². The minimum absolute atomic E-state index is 0.00245. The minimum Gasteiger partial charge on any atom is -0.368 e. The van der Waals surface area contributed by atoms with Gasteiger partial charge in [-0.15, -0.1) is 0 Å².